The van der Waals surface area contributed by atoms with Crippen LogP contribution in [0.3, 0.4) is 0 Å². The van der Waals surface area contributed by atoms with Crippen LogP contribution in [-0.2, 0) is 0 Å². The van der Waals surface area contributed by atoms with Gasteiger partial charge < -0.3 is 0 Å². The third-order valence-corrected chi connectivity index (χ3v) is 4.02. The summed E-state index contributed by atoms with van der Waals surface area (Å²) in [5.41, 5.74) is 5.41. The smallest absolute Gasteiger partial charge is 0.0251 e. The average Bonchev–Trinajstić information content (AvgIpc) is 2.75. The molecule has 1 aliphatic rings. The van der Waals surface area contributed by atoms with Crippen molar-refractivity contribution in [1.82, 2.24) is 0 Å². The lowest BCUT2D eigenvalue weighted by Crippen LogP contribution is -1.93. The minimum Gasteiger partial charge on any atom is -0.0766 e. The average molecular weight is 285 g/mol. The number of rotatable bonds is 1. The fourth-order valence-corrected chi connectivity index (χ4v) is 2.95. The maximum atomic E-state index is 3.63. The largest absolute Gasteiger partial charge is 0.0766 e. The normalized spacial score (nSPS) is 17.2. The molecule has 0 saturated heterocycles. The van der Waals surface area contributed by atoms with Gasteiger partial charge in [0, 0.05) is 10.4 Å². The molecule has 0 aliphatic heterocycles. The predicted octanol–water partition coefficient (Wildman–Crippen LogP) is 5.25. The molecule has 0 N–H and O–H groups in total. The number of hydrogen-bond acceptors (Lipinski definition) is 0. The van der Waals surface area contributed by atoms with Crippen LogP contribution in [0.25, 0.3) is 17.2 Å². The molecule has 1 aliphatic carbocycles. The summed E-state index contributed by atoms with van der Waals surface area (Å²) in [6.07, 6.45) is 4.48. The highest BCUT2D eigenvalue weighted by molar-refractivity contribution is 9.10. The van der Waals surface area contributed by atoms with Crippen molar-refractivity contribution in [2.24, 2.45) is 0 Å². The topological polar surface area (TPSA) is 0 Å². The van der Waals surface area contributed by atoms with Crippen LogP contribution in [0.5, 0.6) is 0 Å². The highest BCUT2D eigenvalue weighted by atomic mass is 79.9. The molecule has 84 valence electrons. The monoisotopic (exact) mass is 284 g/mol. The van der Waals surface area contributed by atoms with Crippen molar-refractivity contribution in [2.45, 2.75) is 12.8 Å². The number of allylic oxidation sites excluding steroid dienone is 1. The van der Waals surface area contributed by atoms with Crippen molar-refractivity contribution in [2.75, 3.05) is 0 Å². The fraction of sp³-hybridized carbons (Fsp3) is 0.125. The molecule has 2 aromatic carbocycles. The molecule has 0 fully saturated rings. The van der Waals surface area contributed by atoms with Crippen molar-refractivity contribution in [3.05, 3.63) is 64.1 Å². The van der Waals surface area contributed by atoms with E-state index in [0.717, 1.165) is 0 Å². The Balaban J connectivity index is 2.25. The van der Waals surface area contributed by atoms with Gasteiger partial charge in [-0.25, -0.2) is 0 Å². The Morgan fingerprint density at radius 2 is 1.76 bits per heavy atom. The summed E-state index contributed by atoms with van der Waals surface area (Å²) in [5, 5.41) is 0. The molecule has 0 spiro atoms. The van der Waals surface area contributed by atoms with Crippen molar-refractivity contribution in [3.63, 3.8) is 0 Å². The molecule has 1 unspecified atom stereocenters. The summed E-state index contributed by atoms with van der Waals surface area (Å²) >= 11 is 3.63. The molecule has 0 radical (unpaired) electrons. The van der Waals surface area contributed by atoms with Gasteiger partial charge in [0.2, 0.25) is 0 Å². The van der Waals surface area contributed by atoms with Gasteiger partial charge in [0.05, 0.1) is 0 Å². The molecule has 0 bridgehead atoms. The predicted molar refractivity (Wildman–Crippen MR) is 77.0 cm³/mol. The van der Waals surface area contributed by atoms with Gasteiger partial charge in [-0.15, -0.1) is 0 Å². The van der Waals surface area contributed by atoms with Crippen LogP contribution in [-0.4, -0.2) is 0 Å². The van der Waals surface area contributed by atoms with Crippen LogP contribution in [0.1, 0.15) is 24.0 Å². The maximum absolute atomic E-state index is 3.63. The van der Waals surface area contributed by atoms with E-state index in [1.165, 1.54) is 26.7 Å². The summed E-state index contributed by atoms with van der Waals surface area (Å²) in [6, 6.07) is 15.0. The summed E-state index contributed by atoms with van der Waals surface area (Å²) in [5.74, 6) is 0.498. The van der Waals surface area contributed by atoms with Crippen LogP contribution < -0.4 is 0 Å². The molecule has 0 saturated carbocycles. The SMILES string of the molecule is CC1C=Cc2c(Br)ccc(-c3ccccc3)c21. The van der Waals surface area contributed by atoms with Gasteiger partial charge in [-0.1, -0.05) is 71.4 Å². The number of halogens is 1. The summed E-state index contributed by atoms with van der Waals surface area (Å²) in [4.78, 5) is 0. The molecule has 0 nitrogen and oxygen atoms in total. The van der Waals surface area contributed by atoms with Crippen LogP contribution in [0, 0.1) is 0 Å². The van der Waals surface area contributed by atoms with Gasteiger partial charge in [-0.2, -0.15) is 0 Å². The summed E-state index contributed by atoms with van der Waals surface area (Å²) in [7, 11) is 0. The van der Waals surface area contributed by atoms with Crippen LogP contribution in [0.4, 0.5) is 0 Å². The van der Waals surface area contributed by atoms with Crippen LogP contribution in [0.2, 0.25) is 0 Å². The third-order valence-electron chi connectivity index (χ3n) is 3.33. The lowest BCUT2D eigenvalue weighted by molar-refractivity contribution is 0.991. The van der Waals surface area contributed by atoms with E-state index in [1.54, 1.807) is 0 Å². The summed E-state index contributed by atoms with van der Waals surface area (Å²) in [6.45, 7) is 2.25. The standard InChI is InChI=1S/C16H13Br/c1-11-7-8-14-15(17)10-9-13(16(11)14)12-5-3-2-4-6-12/h2-11H,1H3. The number of fused-ring (bicyclic) bond motifs is 1. The zero-order valence-electron chi connectivity index (χ0n) is 9.65. The van der Waals surface area contributed by atoms with Crippen molar-refractivity contribution in [1.29, 1.82) is 0 Å². The zero-order chi connectivity index (χ0) is 11.8. The highest BCUT2D eigenvalue weighted by Crippen LogP contribution is 2.41. The molecule has 3 rings (SSSR count). The Hall–Kier alpha value is -1.34. The van der Waals surface area contributed by atoms with E-state index in [-0.39, 0.29) is 0 Å². The van der Waals surface area contributed by atoms with Crippen LogP contribution >= 0.6 is 15.9 Å². The lowest BCUT2D eigenvalue weighted by atomic mass is 9.92. The van der Waals surface area contributed by atoms with E-state index in [9.17, 15) is 0 Å². The molecule has 0 amide bonds. The molecule has 2 aromatic rings. The van der Waals surface area contributed by atoms with E-state index in [4.69, 9.17) is 0 Å². The summed E-state index contributed by atoms with van der Waals surface area (Å²) < 4.78 is 1.19. The van der Waals surface area contributed by atoms with E-state index < -0.39 is 0 Å². The van der Waals surface area contributed by atoms with E-state index in [2.05, 4.69) is 77.5 Å². The van der Waals surface area contributed by atoms with Crippen molar-refractivity contribution < 1.29 is 0 Å². The van der Waals surface area contributed by atoms with E-state index in [1.807, 2.05) is 0 Å². The Bertz CT molecular complexity index is 582. The first-order chi connectivity index (χ1) is 8.27. The molecule has 0 aromatic heterocycles. The minimum absolute atomic E-state index is 0.498. The van der Waals surface area contributed by atoms with Gasteiger partial charge in [-0.05, 0) is 28.3 Å². The number of benzene rings is 2. The van der Waals surface area contributed by atoms with E-state index >= 15 is 0 Å². The first kappa shape index (κ1) is 10.8. The number of hydrogen-bond donors (Lipinski definition) is 0. The van der Waals surface area contributed by atoms with Gasteiger partial charge in [0.25, 0.3) is 0 Å². The second-order valence-corrected chi connectivity index (χ2v) is 5.29. The fourth-order valence-electron chi connectivity index (χ4n) is 2.48. The van der Waals surface area contributed by atoms with Crippen molar-refractivity contribution >= 4 is 22.0 Å². The van der Waals surface area contributed by atoms with Crippen LogP contribution in [0.15, 0.2) is 53.0 Å². The van der Waals surface area contributed by atoms with Gasteiger partial charge in [-0.3, -0.25) is 0 Å². The molecule has 1 atom stereocenters. The van der Waals surface area contributed by atoms with Crippen molar-refractivity contribution in [3.8, 4) is 11.1 Å². The highest BCUT2D eigenvalue weighted by Gasteiger charge is 2.19. The zero-order valence-corrected chi connectivity index (χ0v) is 11.2. The maximum Gasteiger partial charge on any atom is 0.0251 e. The van der Waals surface area contributed by atoms with Gasteiger partial charge in [0.1, 0.15) is 0 Å². The molecule has 1 heteroatoms. The Labute approximate surface area is 110 Å². The first-order valence-corrected chi connectivity index (χ1v) is 6.62. The lowest BCUT2D eigenvalue weighted by Gasteiger charge is -2.14. The first-order valence-electron chi connectivity index (χ1n) is 5.83. The second-order valence-electron chi connectivity index (χ2n) is 4.44. The molecule has 17 heavy (non-hydrogen) atoms. The Morgan fingerprint density at radius 1 is 1.00 bits per heavy atom. The second kappa shape index (κ2) is 4.15. The molecular weight excluding hydrogens is 272 g/mol. The Kier molecular flexibility index (Phi) is 2.64. The van der Waals surface area contributed by atoms with Gasteiger partial charge >= 0.3 is 0 Å². The Morgan fingerprint density at radius 3 is 2.53 bits per heavy atom. The minimum atomic E-state index is 0.498. The molecule has 0 heterocycles. The molecular formula is C16H13Br. The quantitative estimate of drug-likeness (QED) is 0.671. The van der Waals surface area contributed by atoms with E-state index in [0.29, 0.717) is 5.92 Å². The third kappa shape index (κ3) is 1.75. The van der Waals surface area contributed by atoms with Gasteiger partial charge in [0.15, 0.2) is 0 Å².